The van der Waals surface area contributed by atoms with Crippen molar-refractivity contribution >= 4 is 51.0 Å². The molecule has 1 aliphatic heterocycles. The highest BCUT2D eigenvalue weighted by molar-refractivity contribution is 7.16. The summed E-state index contributed by atoms with van der Waals surface area (Å²) >= 11 is 9.08. The number of hydrogen-bond donors (Lipinski definition) is 2. The highest BCUT2D eigenvalue weighted by Gasteiger charge is 2.48. The summed E-state index contributed by atoms with van der Waals surface area (Å²) in [5, 5.41) is 21.3. The fraction of sp³-hybridized carbons (Fsp3) is 0.409. The fourth-order valence-corrected chi connectivity index (χ4v) is 6.94. The second-order valence-electron chi connectivity index (χ2n) is 8.58. The van der Waals surface area contributed by atoms with Crippen LogP contribution in [-0.4, -0.2) is 21.9 Å². The fourth-order valence-electron chi connectivity index (χ4n) is 4.53. The van der Waals surface area contributed by atoms with Crippen LogP contribution < -0.4 is 10.6 Å². The second kappa shape index (κ2) is 8.59. The van der Waals surface area contributed by atoms with Crippen molar-refractivity contribution in [2.45, 2.75) is 50.9 Å². The minimum absolute atomic E-state index is 0.0430. The van der Waals surface area contributed by atoms with Crippen LogP contribution in [0.5, 0.6) is 0 Å². The van der Waals surface area contributed by atoms with Crippen molar-refractivity contribution in [2.24, 2.45) is 5.92 Å². The van der Waals surface area contributed by atoms with Gasteiger partial charge in [-0.15, -0.1) is 22.7 Å². The summed E-state index contributed by atoms with van der Waals surface area (Å²) in [5.74, 6) is -0.304. The summed E-state index contributed by atoms with van der Waals surface area (Å²) in [6.45, 7) is 2.13. The SMILES string of the molecule is C[C@@H]1CCc2c(sc(NC(=O)c3nn4c(c3Cl)N[C@@H](c3cccs3)C[C@@H]4C(F)(F)F)c2C#N)C1. The Hall–Kier alpha value is -2.55. The lowest BCUT2D eigenvalue weighted by atomic mass is 9.89. The zero-order valence-electron chi connectivity index (χ0n) is 17.9. The molecular weight excluding hydrogens is 507 g/mol. The monoisotopic (exact) mass is 525 g/mol. The third-order valence-corrected chi connectivity index (χ3v) is 8.76. The second-order valence-corrected chi connectivity index (χ2v) is 11.0. The molecule has 34 heavy (non-hydrogen) atoms. The first-order valence-corrected chi connectivity index (χ1v) is 12.8. The summed E-state index contributed by atoms with van der Waals surface area (Å²) in [6, 6.07) is 3.15. The van der Waals surface area contributed by atoms with Gasteiger partial charge in [-0.3, -0.25) is 4.79 Å². The van der Waals surface area contributed by atoms with Gasteiger partial charge < -0.3 is 10.6 Å². The Bertz CT molecular complexity index is 1290. The average Bonchev–Trinajstić information content (AvgIpc) is 3.50. The van der Waals surface area contributed by atoms with Crippen molar-refractivity contribution in [1.29, 1.82) is 5.26 Å². The number of carbonyl (C=O) groups excluding carboxylic acids is 1. The van der Waals surface area contributed by atoms with Crippen LogP contribution in [0.4, 0.5) is 24.0 Å². The number of amides is 1. The molecule has 6 nitrogen and oxygen atoms in total. The molecule has 2 N–H and O–H groups in total. The Morgan fingerprint density at radius 2 is 2.24 bits per heavy atom. The van der Waals surface area contributed by atoms with E-state index in [2.05, 4.69) is 28.7 Å². The van der Waals surface area contributed by atoms with E-state index in [1.54, 1.807) is 17.5 Å². The molecule has 1 amide bonds. The molecule has 3 aromatic heterocycles. The summed E-state index contributed by atoms with van der Waals surface area (Å²) in [7, 11) is 0. The zero-order valence-corrected chi connectivity index (χ0v) is 20.3. The Morgan fingerprint density at radius 3 is 2.91 bits per heavy atom. The molecule has 0 spiro atoms. The number of fused-ring (bicyclic) bond motifs is 2. The highest BCUT2D eigenvalue weighted by atomic mass is 35.5. The van der Waals surface area contributed by atoms with Crippen LogP contribution in [0.25, 0.3) is 0 Å². The van der Waals surface area contributed by atoms with Crippen molar-refractivity contribution in [2.75, 3.05) is 10.6 Å². The maximum atomic E-state index is 13.9. The van der Waals surface area contributed by atoms with Gasteiger partial charge in [0.25, 0.3) is 5.91 Å². The number of anilines is 2. The van der Waals surface area contributed by atoms with Crippen LogP contribution in [0.2, 0.25) is 5.02 Å². The number of nitrogens with zero attached hydrogens (tertiary/aromatic N) is 3. The van der Waals surface area contributed by atoms with Crippen LogP contribution in [0.1, 0.15) is 63.2 Å². The first-order chi connectivity index (χ1) is 16.2. The van der Waals surface area contributed by atoms with Gasteiger partial charge in [-0.2, -0.15) is 23.5 Å². The normalized spacial score (nSPS) is 21.8. The van der Waals surface area contributed by atoms with E-state index in [4.69, 9.17) is 11.6 Å². The van der Waals surface area contributed by atoms with Gasteiger partial charge in [-0.1, -0.05) is 24.6 Å². The van der Waals surface area contributed by atoms with E-state index in [0.717, 1.165) is 39.3 Å². The van der Waals surface area contributed by atoms with E-state index in [-0.39, 0.29) is 23.0 Å². The molecule has 3 atom stereocenters. The van der Waals surface area contributed by atoms with E-state index < -0.39 is 24.2 Å². The van der Waals surface area contributed by atoms with E-state index in [1.807, 2.05) is 0 Å². The molecule has 1 aliphatic carbocycles. The number of thiophene rings is 2. The van der Waals surface area contributed by atoms with Gasteiger partial charge in [0.05, 0.1) is 11.6 Å². The lowest BCUT2D eigenvalue weighted by molar-refractivity contribution is -0.173. The van der Waals surface area contributed by atoms with Gasteiger partial charge in [0.1, 0.15) is 21.9 Å². The summed E-state index contributed by atoms with van der Waals surface area (Å²) in [6.07, 6.45) is -2.31. The molecule has 0 saturated heterocycles. The predicted molar refractivity (Wildman–Crippen MR) is 126 cm³/mol. The van der Waals surface area contributed by atoms with Gasteiger partial charge in [0.2, 0.25) is 0 Å². The Labute approximate surface area is 206 Å². The molecule has 0 fully saturated rings. The van der Waals surface area contributed by atoms with Gasteiger partial charge in [-0.25, -0.2) is 4.68 Å². The molecule has 2 aliphatic rings. The van der Waals surface area contributed by atoms with E-state index in [1.165, 1.54) is 22.7 Å². The van der Waals surface area contributed by atoms with E-state index in [0.29, 0.717) is 16.5 Å². The number of alkyl halides is 3. The van der Waals surface area contributed by atoms with Crippen molar-refractivity contribution in [3.8, 4) is 6.07 Å². The maximum Gasteiger partial charge on any atom is 0.410 e. The number of nitrogens with one attached hydrogen (secondary N) is 2. The third kappa shape index (κ3) is 3.97. The Kier molecular flexibility index (Phi) is 5.86. The summed E-state index contributed by atoms with van der Waals surface area (Å²) < 4.78 is 42.5. The Morgan fingerprint density at radius 1 is 1.44 bits per heavy atom. The summed E-state index contributed by atoms with van der Waals surface area (Å²) in [5.41, 5.74) is 1.03. The minimum atomic E-state index is -4.58. The zero-order chi connectivity index (χ0) is 24.2. The van der Waals surface area contributed by atoms with Gasteiger partial charge >= 0.3 is 6.18 Å². The minimum Gasteiger partial charge on any atom is -0.361 e. The Balaban J connectivity index is 1.49. The van der Waals surface area contributed by atoms with Gasteiger partial charge in [0, 0.05) is 16.2 Å². The van der Waals surface area contributed by atoms with Crippen LogP contribution in [0.3, 0.4) is 0 Å². The lowest BCUT2D eigenvalue weighted by Gasteiger charge is -2.32. The van der Waals surface area contributed by atoms with E-state index in [9.17, 15) is 23.2 Å². The number of hydrogen-bond acceptors (Lipinski definition) is 6. The topological polar surface area (TPSA) is 82.7 Å². The smallest absolute Gasteiger partial charge is 0.361 e. The standard InChI is InChI=1S/C22H19ClF3N5OS2/c1-10-4-5-11-12(9-27)21(34-15(11)7-10)29-20(32)18-17(23)19-28-13(14-3-2-6-33-14)8-16(22(24,25)26)31(19)30-18/h2-3,6,10,13,16,28H,4-5,7-8H2,1H3,(H,29,32)/t10-,13-,16-/m1/s1. The molecule has 3 aromatic rings. The molecule has 178 valence electrons. The molecule has 0 bridgehead atoms. The number of rotatable bonds is 3. The molecule has 0 radical (unpaired) electrons. The van der Waals surface area contributed by atoms with Crippen molar-refractivity contribution in [1.82, 2.24) is 9.78 Å². The molecule has 4 heterocycles. The van der Waals surface area contributed by atoms with Gasteiger partial charge in [-0.05, 0) is 42.2 Å². The van der Waals surface area contributed by atoms with Crippen LogP contribution in [-0.2, 0) is 12.8 Å². The highest BCUT2D eigenvalue weighted by Crippen LogP contribution is 2.47. The van der Waals surface area contributed by atoms with Gasteiger partial charge in [0.15, 0.2) is 11.7 Å². The number of halogens is 4. The first kappa shape index (κ1) is 23.2. The van der Waals surface area contributed by atoms with Crippen LogP contribution in [0.15, 0.2) is 17.5 Å². The van der Waals surface area contributed by atoms with Crippen molar-refractivity contribution in [3.05, 3.63) is 49.1 Å². The molecule has 12 heteroatoms. The molecule has 5 rings (SSSR count). The molecular formula is C22H19ClF3N5OS2. The van der Waals surface area contributed by atoms with Crippen LogP contribution >= 0.6 is 34.3 Å². The quantitative estimate of drug-likeness (QED) is 0.405. The predicted octanol–water partition coefficient (Wildman–Crippen LogP) is 6.57. The average molecular weight is 526 g/mol. The third-order valence-electron chi connectivity index (χ3n) is 6.25. The summed E-state index contributed by atoms with van der Waals surface area (Å²) in [4.78, 5) is 14.9. The lowest BCUT2D eigenvalue weighted by Crippen LogP contribution is -2.35. The molecule has 0 saturated carbocycles. The number of aromatic nitrogens is 2. The number of carbonyl (C=O) groups is 1. The van der Waals surface area contributed by atoms with Crippen molar-refractivity contribution < 1.29 is 18.0 Å². The largest absolute Gasteiger partial charge is 0.410 e. The molecule has 0 aromatic carbocycles. The van der Waals surface area contributed by atoms with Crippen LogP contribution in [0, 0.1) is 17.2 Å². The van der Waals surface area contributed by atoms with Crippen molar-refractivity contribution in [3.63, 3.8) is 0 Å². The first-order valence-electron chi connectivity index (χ1n) is 10.7. The number of nitriles is 1. The maximum absolute atomic E-state index is 13.9. The van der Waals surface area contributed by atoms with E-state index >= 15 is 0 Å². The molecule has 0 unspecified atom stereocenters.